The maximum absolute atomic E-state index is 12.3. The van der Waals surface area contributed by atoms with E-state index in [0.29, 0.717) is 12.6 Å². The molecule has 1 aromatic rings. The molecule has 28 heavy (non-hydrogen) atoms. The fourth-order valence-electron chi connectivity index (χ4n) is 3.58. The third kappa shape index (κ3) is 5.86. The van der Waals surface area contributed by atoms with Crippen LogP contribution in [0.3, 0.4) is 0 Å². The van der Waals surface area contributed by atoms with E-state index in [0.717, 1.165) is 38.0 Å². The second-order valence-electron chi connectivity index (χ2n) is 8.58. The number of amides is 2. The zero-order valence-corrected chi connectivity index (χ0v) is 17.0. The van der Waals surface area contributed by atoms with E-state index in [9.17, 15) is 9.59 Å². The lowest BCUT2D eigenvalue weighted by atomic mass is 9.98. The monoisotopic (exact) mass is 389 g/mol. The van der Waals surface area contributed by atoms with Gasteiger partial charge in [0.05, 0.1) is 6.04 Å². The molecule has 2 amide bonds. The molecule has 7 nitrogen and oxygen atoms in total. The van der Waals surface area contributed by atoms with Gasteiger partial charge in [-0.05, 0) is 39.2 Å². The molecular formula is C21H31N3O4. The van der Waals surface area contributed by atoms with Crippen molar-refractivity contribution in [2.75, 3.05) is 26.2 Å². The molecule has 1 atom stereocenters. The van der Waals surface area contributed by atoms with Crippen LogP contribution >= 0.6 is 0 Å². The first kappa shape index (κ1) is 20.5. The third-order valence-corrected chi connectivity index (χ3v) is 5.01. The molecule has 3 rings (SSSR count). The first-order valence-electron chi connectivity index (χ1n) is 9.99. The van der Waals surface area contributed by atoms with Crippen molar-refractivity contribution in [3.8, 4) is 0 Å². The molecule has 0 saturated carbocycles. The van der Waals surface area contributed by atoms with Gasteiger partial charge in [0.25, 0.3) is 0 Å². The third-order valence-electron chi connectivity index (χ3n) is 5.01. The molecule has 2 aliphatic rings. The number of hydrogen-bond donors (Lipinski definition) is 1. The second-order valence-corrected chi connectivity index (χ2v) is 8.58. The van der Waals surface area contributed by atoms with Crippen LogP contribution in [-0.2, 0) is 16.1 Å². The van der Waals surface area contributed by atoms with Gasteiger partial charge in [-0.15, -0.1) is 0 Å². The maximum Gasteiger partial charge on any atom is 0.410 e. The first-order valence-corrected chi connectivity index (χ1v) is 9.99. The zero-order chi connectivity index (χ0) is 20.1. The Kier molecular flexibility index (Phi) is 6.44. The van der Waals surface area contributed by atoms with E-state index in [1.807, 2.05) is 51.1 Å². The highest BCUT2D eigenvalue weighted by atomic mass is 16.6. The average Bonchev–Trinajstić information content (AvgIpc) is 2.62. The maximum atomic E-state index is 12.3. The highest BCUT2D eigenvalue weighted by molar-refractivity contribution is 5.68. The Bertz CT molecular complexity index is 668. The van der Waals surface area contributed by atoms with Crippen molar-refractivity contribution in [1.82, 2.24) is 15.1 Å². The summed E-state index contributed by atoms with van der Waals surface area (Å²) in [6.45, 7) is 8.92. The Morgan fingerprint density at radius 3 is 2.54 bits per heavy atom. The second kappa shape index (κ2) is 8.82. The Morgan fingerprint density at radius 1 is 1.14 bits per heavy atom. The number of hydrogen-bond acceptors (Lipinski definition) is 5. The average molecular weight is 389 g/mol. The summed E-state index contributed by atoms with van der Waals surface area (Å²) in [7, 11) is 0. The molecule has 1 aromatic carbocycles. The number of benzene rings is 1. The zero-order valence-electron chi connectivity index (χ0n) is 17.0. The summed E-state index contributed by atoms with van der Waals surface area (Å²) in [5, 5.41) is 2.91. The topological polar surface area (TPSA) is 71.1 Å². The van der Waals surface area contributed by atoms with E-state index >= 15 is 0 Å². The lowest BCUT2D eigenvalue weighted by Gasteiger charge is -2.47. The van der Waals surface area contributed by atoms with Gasteiger partial charge in [-0.25, -0.2) is 9.59 Å². The van der Waals surface area contributed by atoms with Crippen molar-refractivity contribution >= 4 is 12.2 Å². The Labute approximate surface area is 167 Å². The highest BCUT2D eigenvalue weighted by Gasteiger charge is 2.37. The summed E-state index contributed by atoms with van der Waals surface area (Å²) >= 11 is 0. The Hall–Kier alpha value is -2.28. The van der Waals surface area contributed by atoms with Crippen LogP contribution in [0.1, 0.15) is 39.2 Å². The molecule has 1 unspecified atom stereocenters. The fourth-order valence-corrected chi connectivity index (χ4v) is 3.58. The fraction of sp³-hybridized carbons (Fsp3) is 0.619. The number of nitrogens with one attached hydrogen (secondary N) is 1. The largest absolute Gasteiger partial charge is 0.445 e. The molecule has 154 valence electrons. The molecule has 0 radical (unpaired) electrons. The lowest BCUT2D eigenvalue weighted by molar-refractivity contribution is -0.00277. The van der Waals surface area contributed by atoms with Gasteiger partial charge in [0.2, 0.25) is 0 Å². The summed E-state index contributed by atoms with van der Waals surface area (Å²) in [6, 6.07) is 10.0. The number of piperidine rings is 1. The van der Waals surface area contributed by atoms with E-state index in [1.54, 1.807) is 4.90 Å². The van der Waals surface area contributed by atoms with Gasteiger partial charge in [0.1, 0.15) is 12.2 Å². The molecule has 0 aromatic heterocycles. The van der Waals surface area contributed by atoms with Gasteiger partial charge in [0, 0.05) is 32.2 Å². The number of carbonyl (C=O) groups is 2. The standard InChI is InChI=1S/C21H31N3O4/c1-21(2,3)28-20(26)23-11-7-10-18(14-23)24-12-17(13-24)22-19(25)27-15-16-8-5-4-6-9-16/h4-6,8-9,17-18H,7,10-15H2,1-3H3,(H,22,25). The number of rotatable bonds is 4. The van der Waals surface area contributed by atoms with Crippen LogP contribution in [0.4, 0.5) is 9.59 Å². The van der Waals surface area contributed by atoms with Crippen molar-refractivity contribution in [1.29, 1.82) is 0 Å². The molecule has 0 bridgehead atoms. The predicted molar refractivity (Wildman–Crippen MR) is 106 cm³/mol. The summed E-state index contributed by atoms with van der Waals surface area (Å²) in [5.74, 6) is 0. The van der Waals surface area contributed by atoms with E-state index in [2.05, 4.69) is 10.2 Å². The number of likely N-dealkylation sites (tertiary alicyclic amines) is 2. The molecule has 0 spiro atoms. The Morgan fingerprint density at radius 2 is 1.86 bits per heavy atom. The molecule has 2 fully saturated rings. The number of alkyl carbamates (subject to hydrolysis) is 1. The van der Waals surface area contributed by atoms with E-state index in [-0.39, 0.29) is 24.8 Å². The Balaban J connectivity index is 1.37. The van der Waals surface area contributed by atoms with Gasteiger partial charge in [-0.2, -0.15) is 0 Å². The van der Waals surface area contributed by atoms with E-state index < -0.39 is 5.60 Å². The number of carbonyl (C=O) groups excluding carboxylic acids is 2. The molecule has 7 heteroatoms. The lowest BCUT2D eigenvalue weighted by Crippen LogP contribution is -2.64. The van der Waals surface area contributed by atoms with Crippen molar-refractivity contribution in [2.45, 2.75) is 57.9 Å². The summed E-state index contributed by atoms with van der Waals surface area (Å²) in [6.07, 6.45) is 1.41. The predicted octanol–water partition coefficient (Wildman–Crippen LogP) is 3.00. The van der Waals surface area contributed by atoms with Crippen molar-refractivity contribution in [3.05, 3.63) is 35.9 Å². The van der Waals surface area contributed by atoms with Crippen molar-refractivity contribution in [3.63, 3.8) is 0 Å². The SMILES string of the molecule is CC(C)(C)OC(=O)N1CCCC(N2CC(NC(=O)OCc3ccccc3)C2)C1. The van der Waals surface area contributed by atoms with Crippen molar-refractivity contribution < 1.29 is 19.1 Å². The minimum absolute atomic E-state index is 0.0974. The molecule has 2 aliphatic heterocycles. The molecule has 0 aliphatic carbocycles. The van der Waals surface area contributed by atoms with E-state index in [1.165, 1.54) is 0 Å². The summed E-state index contributed by atoms with van der Waals surface area (Å²) in [5.41, 5.74) is 0.493. The van der Waals surface area contributed by atoms with Gasteiger partial charge in [-0.1, -0.05) is 30.3 Å². The normalized spacial score (nSPS) is 21.0. The first-order chi connectivity index (χ1) is 13.3. The van der Waals surface area contributed by atoms with E-state index in [4.69, 9.17) is 9.47 Å². The molecule has 2 heterocycles. The van der Waals surface area contributed by atoms with Gasteiger partial charge in [0.15, 0.2) is 0 Å². The number of nitrogens with zero attached hydrogens (tertiary/aromatic N) is 2. The van der Waals surface area contributed by atoms with Gasteiger partial charge >= 0.3 is 12.2 Å². The smallest absolute Gasteiger partial charge is 0.410 e. The van der Waals surface area contributed by atoms with Crippen LogP contribution in [0.25, 0.3) is 0 Å². The van der Waals surface area contributed by atoms with Crippen molar-refractivity contribution in [2.24, 2.45) is 0 Å². The van der Waals surface area contributed by atoms with Crippen LogP contribution in [0, 0.1) is 0 Å². The van der Waals surface area contributed by atoms with Crippen LogP contribution in [0.2, 0.25) is 0 Å². The van der Waals surface area contributed by atoms with Crippen LogP contribution < -0.4 is 5.32 Å². The minimum atomic E-state index is -0.476. The molecule has 2 saturated heterocycles. The van der Waals surface area contributed by atoms with Gasteiger partial charge in [-0.3, -0.25) is 4.90 Å². The number of ether oxygens (including phenoxy) is 2. The summed E-state index contributed by atoms with van der Waals surface area (Å²) in [4.78, 5) is 28.4. The van der Waals surface area contributed by atoms with Crippen LogP contribution in [0.15, 0.2) is 30.3 Å². The minimum Gasteiger partial charge on any atom is -0.445 e. The molecule has 1 N–H and O–H groups in total. The quantitative estimate of drug-likeness (QED) is 0.857. The van der Waals surface area contributed by atoms with Crippen LogP contribution in [0.5, 0.6) is 0 Å². The van der Waals surface area contributed by atoms with Gasteiger partial charge < -0.3 is 19.7 Å². The molecular weight excluding hydrogens is 358 g/mol. The summed E-state index contributed by atoms with van der Waals surface area (Å²) < 4.78 is 10.8. The van der Waals surface area contributed by atoms with Crippen LogP contribution in [-0.4, -0.2) is 65.9 Å². The highest BCUT2D eigenvalue weighted by Crippen LogP contribution is 2.22.